The molecule has 1 atom stereocenters. The van der Waals surface area contributed by atoms with Crippen LogP contribution in [0.25, 0.3) is 0 Å². The van der Waals surface area contributed by atoms with Crippen molar-refractivity contribution in [1.29, 1.82) is 0 Å². The Morgan fingerprint density at radius 1 is 1.67 bits per heavy atom. The van der Waals surface area contributed by atoms with Crippen molar-refractivity contribution < 1.29 is 5.11 Å². The average molecular weight is 86.1 g/mol. The van der Waals surface area contributed by atoms with Gasteiger partial charge in [0.2, 0.25) is 0 Å². The summed E-state index contributed by atoms with van der Waals surface area (Å²) in [4.78, 5) is 0. The summed E-state index contributed by atoms with van der Waals surface area (Å²) >= 11 is 0. The van der Waals surface area contributed by atoms with Crippen molar-refractivity contribution in [2.24, 2.45) is 5.92 Å². The fraction of sp³-hybridized carbons (Fsp3) is 0.600. The van der Waals surface area contributed by atoms with Crippen LogP contribution in [-0.2, 0) is 0 Å². The zero-order valence-corrected chi connectivity index (χ0v) is 3.85. The van der Waals surface area contributed by atoms with Crippen LogP contribution < -0.4 is 0 Å². The molecular weight excluding hydrogens is 76.1 g/mol. The summed E-state index contributed by atoms with van der Waals surface area (Å²) < 4.78 is 0. The molecule has 6 heavy (non-hydrogen) atoms. The molecular formula is C5H10O. The predicted octanol–water partition coefficient (Wildman–Crippen LogP) is 0.653. The third-order valence-electron chi connectivity index (χ3n) is 0.666. The second-order valence-corrected chi connectivity index (χ2v) is 1.34. The van der Waals surface area contributed by atoms with Crippen LogP contribution in [0.15, 0.2) is 0 Å². The van der Waals surface area contributed by atoms with Gasteiger partial charge in [0.15, 0.2) is 0 Å². The van der Waals surface area contributed by atoms with Gasteiger partial charge in [0.05, 0.1) is 0 Å². The fourth-order valence-corrected chi connectivity index (χ4v) is 0.0913. The van der Waals surface area contributed by atoms with E-state index in [9.17, 15) is 0 Å². The molecule has 0 aliphatic rings. The summed E-state index contributed by atoms with van der Waals surface area (Å²) in [6, 6.07) is 0. The maximum Gasteiger partial charge on any atom is 0.0459 e. The third kappa shape index (κ3) is 2.21. The van der Waals surface area contributed by atoms with Crippen molar-refractivity contribution >= 4 is 0 Å². The molecule has 0 fully saturated rings. The van der Waals surface area contributed by atoms with Gasteiger partial charge in [0.1, 0.15) is 0 Å². The van der Waals surface area contributed by atoms with Crippen LogP contribution in [0.4, 0.5) is 0 Å². The summed E-state index contributed by atoms with van der Waals surface area (Å²) in [7, 11) is 0. The molecule has 0 aliphatic carbocycles. The lowest BCUT2D eigenvalue weighted by Gasteiger charge is -1.97. The van der Waals surface area contributed by atoms with Crippen molar-refractivity contribution in [2.45, 2.75) is 6.42 Å². The quantitative estimate of drug-likeness (QED) is 0.523. The van der Waals surface area contributed by atoms with E-state index in [2.05, 4.69) is 13.8 Å². The van der Waals surface area contributed by atoms with Crippen LogP contribution in [0.1, 0.15) is 6.42 Å². The second kappa shape index (κ2) is 3.16. The van der Waals surface area contributed by atoms with E-state index in [-0.39, 0.29) is 12.5 Å². The molecule has 0 saturated carbocycles. The minimum Gasteiger partial charge on any atom is -0.396 e. The number of aliphatic hydroxyl groups excluding tert-OH is 1. The Morgan fingerprint density at radius 2 is 2.17 bits per heavy atom. The standard InChI is InChI=1S/C5H10O/c1-3-5(2)4-6/h5-6H,1-4H2. The molecule has 0 amide bonds. The van der Waals surface area contributed by atoms with Gasteiger partial charge in [-0.3, -0.25) is 0 Å². The van der Waals surface area contributed by atoms with E-state index in [1.54, 1.807) is 0 Å². The first-order chi connectivity index (χ1) is 2.81. The first kappa shape index (κ1) is 5.96. The molecule has 0 aromatic rings. The van der Waals surface area contributed by atoms with Crippen LogP contribution >= 0.6 is 0 Å². The summed E-state index contributed by atoms with van der Waals surface area (Å²) in [6.45, 7) is 7.25. The van der Waals surface area contributed by atoms with Gasteiger partial charge in [-0.25, -0.2) is 0 Å². The zero-order valence-electron chi connectivity index (χ0n) is 3.85. The van der Waals surface area contributed by atoms with Crippen molar-refractivity contribution in [3.05, 3.63) is 13.8 Å². The van der Waals surface area contributed by atoms with Gasteiger partial charge in [0.25, 0.3) is 0 Å². The molecule has 36 valence electrons. The Balaban J connectivity index is 2.75. The number of hydrogen-bond donors (Lipinski definition) is 1. The summed E-state index contributed by atoms with van der Waals surface area (Å²) in [5, 5.41) is 8.23. The van der Waals surface area contributed by atoms with Crippen LogP contribution in [-0.4, -0.2) is 11.7 Å². The molecule has 1 heteroatoms. The summed E-state index contributed by atoms with van der Waals surface area (Å²) in [6.07, 6.45) is 0.719. The van der Waals surface area contributed by atoms with Crippen LogP contribution in [0.5, 0.6) is 0 Å². The minimum absolute atomic E-state index is 0.130. The van der Waals surface area contributed by atoms with Crippen molar-refractivity contribution in [3.63, 3.8) is 0 Å². The Morgan fingerprint density at radius 3 is 2.17 bits per heavy atom. The van der Waals surface area contributed by atoms with Gasteiger partial charge in [0, 0.05) is 6.61 Å². The van der Waals surface area contributed by atoms with Gasteiger partial charge in [-0.1, -0.05) is 6.92 Å². The van der Waals surface area contributed by atoms with Gasteiger partial charge >= 0.3 is 0 Å². The highest BCUT2D eigenvalue weighted by Crippen LogP contribution is 1.94. The molecule has 0 heterocycles. The molecule has 0 spiro atoms. The smallest absolute Gasteiger partial charge is 0.0459 e. The molecule has 0 bridgehead atoms. The minimum atomic E-state index is 0.130. The number of aliphatic hydroxyl groups is 1. The van der Waals surface area contributed by atoms with Crippen molar-refractivity contribution in [2.75, 3.05) is 6.61 Å². The van der Waals surface area contributed by atoms with E-state index < -0.39 is 0 Å². The molecule has 0 rings (SSSR count). The average Bonchev–Trinajstić information content (AvgIpc) is 1.65. The zero-order chi connectivity index (χ0) is 4.99. The topological polar surface area (TPSA) is 20.2 Å². The Bertz CT molecular complexity index is 23.1. The molecule has 0 aliphatic heterocycles. The first-order valence-corrected chi connectivity index (χ1v) is 2.04. The number of hydrogen-bond acceptors (Lipinski definition) is 1. The van der Waals surface area contributed by atoms with E-state index in [1.165, 1.54) is 0 Å². The Kier molecular flexibility index (Phi) is 3.14. The van der Waals surface area contributed by atoms with Crippen molar-refractivity contribution in [1.82, 2.24) is 0 Å². The Hall–Kier alpha value is -0.0400. The second-order valence-electron chi connectivity index (χ2n) is 1.34. The monoisotopic (exact) mass is 86.1 g/mol. The Labute approximate surface area is 39.0 Å². The van der Waals surface area contributed by atoms with Crippen LogP contribution in [0.3, 0.4) is 0 Å². The largest absolute Gasteiger partial charge is 0.396 e. The lowest BCUT2D eigenvalue weighted by Crippen LogP contribution is -1.96. The normalized spacial score (nSPS) is 14.5. The third-order valence-corrected chi connectivity index (χ3v) is 0.666. The van der Waals surface area contributed by atoms with Gasteiger partial charge in [-0.05, 0) is 19.3 Å². The van der Waals surface area contributed by atoms with Crippen LogP contribution in [0.2, 0.25) is 0 Å². The SMILES string of the molecule is [CH2]CC([CH2])CO. The molecule has 1 nitrogen and oxygen atoms in total. The molecule has 1 N–H and O–H groups in total. The molecule has 0 aromatic carbocycles. The van der Waals surface area contributed by atoms with Gasteiger partial charge in [-0.15, -0.1) is 0 Å². The molecule has 0 saturated heterocycles. The van der Waals surface area contributed by atoms with E-state index in [0.29, 0.717) is 0 Å². The lowest BCUT2D eigenvalue weighted by atomic mass is 10.1. The fourth-order valence-electron chi connectivity index (χ4n) is 0.0913. The maximum absolute atomic E-state index is 8.23. The summed E-state index contributed by atoms with van der Waals surface area (Å²) in [5.41, 5.74) is 0. The number of rotatable bonds is 2. The van der Waals surface area contributed by atoms with E-state index in [4.69, 9.17) is 5.11 Å². The van der Waals surface area contributed by atoms with Crippen LogP contribution in [0, 0.1) is 19.8 Å². The highest BCUT2D eigenvalue weighted by atomic mass is 16.3. The van der Waals surface area contributed by atoms with Gasteiger partial charge < -0.3 is 5.11 Å². The lowest BCUT2D eigenvalue weighted by molar-refractivity contribution is 0.252. The van der Waals surface area contributed by atoms with E-state index in [1.807, 2.05) is 0 Å². The molecule has 0 aromatic heterocycles. The molecule has 2 radical (unpaired) electrons. The predicted molar refractivity (Wildman–Crippen MR) is 25.9 cm³/mol. The highest BCUT2D eigenvalue weighted by molar-refractivity contribution is 4.58. The molecule has 1 unspecified atom stereocenters. The maximum atomic E-state index is 8.23. The van der Waals surface area contributed by atoms with E-state index in [0.717, 1.165) is 6.42 Å². The van der Waals surface area contributed by atoms with Gasteiger partial charge in [-0.2, -0.15) is 0 Å². The van der Waals surface area contributed by atoms with Crippen molar-refractivity contribution in [3.8, 4) is 0 Å². The first-order valence-electron chi connectivity index (χ1n) is 2.04. The van der Waals surface area contributed by atoms with E-state index >= 15 is 0 Å². The summed E-state index contributed by atoms with van der Waals surface area (Å²) in [5.74, 6) is 0.130. The highest BCUT2D eigenvalue weighted by Gasteiger charge is 1.90.